The Bertz CT molecular complexity index is 4840. The van der Waals surface area contributed by atoms with E-state index in [1.54, 1.807) is 0 Å². The third kappa shape index (κ3) is 6.45. The molecule has 0 N–H and O–H groups in total. The maximum Gasteiger partial charge on any atom is 0.179 e. The number of para-hydroxylation sites is 4. The van der Waals surface area contributed by atoms with Gasteiger partial charge in [-0.05, 0) is 117 Å². The fourth-order valence-corrected chi connectivity index (χ4v) is 17.9. The monoisotopic (exact) mass is 997 g/mol. The Labute approximate surface area is 445 Å². The van der Waals surface area contributed by atoms with Gasteiger partial charge >= 0.3 is 0 Å². The van der Waals surface area contributed by atoms with Crippen molar-refractivity contribution < 1.29 is 4.42 Å². The summed E-state index contributed by atoms with van der Waals surface area (Å²) < 4.78 is 13.8. The van der Waals surface area contributed by atoms with Gasteiger partial charge in [0.05, 0.1) is 33.1 Å². The Balaban J connectivity index is 0.930. The molecule has 360 valence electrons. The van der Waals surface area contributed by atoms with Crippen LogP contribution in [-0.2, 0) is 0 Å². The Morgan fingerprint density at radius 2 is 0.662 bits per heavy atom. The van der Waals surface area contributed by atoms with Gasteiger partial charge in [-0.25, -0.2) is 0 Å². The van der Waals surface area contributed by atoms with Crippen molar-refractivity contribution in [2.45, 2.75) is 0 Å². The van der Waals surface area contributed by atoms with E-state index in [-0.39, 0.29) is 0 Å². The third-order valence-electron chi connectivity index (χ3n) is 16.4. The highest BCUT2D eigenvalue weighted by atomic mass is 28.3. The van der Waals surface area contributed by atoms with Crippen LogP contribution in [0.15, 0.2) is 290 Å². The first-order chi connectivity index (χ1) is 38.2. The summed E-state index contributed by atoms with van der Waals surface area (Å²) in [6, 6.07) is 105. The number of hydrogen-bond acceptors (Lipinski definition) is 1. The fraction of sp³-hybridized carbons (Fsp3) is 0. The van der Waals surface area contributed by atoms with Crippen molar-refractivity contribution in [3.8, 4) is 28.2 Å². The van der Waals surface area contributed by atoms with Gasteiger partial charge in [-0.3, -0.25) is 0 Å². The molecule has 0 aliphatic rings. The molecule has 4 heterocycles. The molecular formula is C72H47N3OSi. The molecule has 12 aromatic carbocycles. The molecule has 0 atom stereocenters. The zero-order chi connectivity index (χ0) is 50.6. The van der Waals surface area contributed by atoms with Gasteiger partial charge in [-0.15, -0.1) is 0 Å². The van der Waals surface area contributed by atoms with Crippen molar-refractivity contribution in [2.75, 3.05) is 0 Å². The lowest BCUT2D eigenvalue weighted by molar-refractivity contribution is 0.669. The van der Waals surface area contributed by atoms with Gasteiger partial charge in [-0.1, -0.05) is 200 Å². The number of aromatic nitrogens is 3. The molecule has 4 aromatic heterocycles. The average Bonchev–Trinajstić information content (AvgIpc) is 4.34. The lowest BCUT2D eigenvalue weighted by atomic mass is 9.98. The first-order valence-electron chi connectivity index (χ1n) is 26.5. The summed E-state index contributed by atoms with van der Waals surface area (Å²) in [6.07, 6.45) is 0. The van der Waals surface area contributed by atoms with Crippen molar-refractivity contribution >= 4 is 116 Å². The van der Waals surface area contributed by atoms with Crippen LogP contribution in [0.3, 0.4) is 0 Å². The lowest BCUT2D eigenvalue weighted by Crippen LogP contribution is -2.74. The molecule has 0 fully saturated rings. The molecule has 0 aliphatic carbocycles. The van der Waals surface area contributed by atoms with E-state index in [9.17, 15) is 0 Å². The van der Waals surface area contributed by atoms with Crippen LogP contribution in [-0.4, -0.2) is 21.8 Å². The predicted molar refractivity (Wildman–Crippen MR) is 326 cm³/mol. The summed E-state index contributed by atoms with van der Waals surface area (Å²) in [5.41, 5.74) is 14.5. The zero-order valence-corrected chi connectivity index (χ0v) is 42.9. The molecule has 4 nitrogen and oxygen atoms in total. The van der Waals surface area contributed by atoms with Gasteiger partial charge in [-0.2, -0.15) is 0 Å². The standard InChI is InChI=1S/C72H47N3OSi/c1-4-21-52(22-5-1)77(53-23-6-2-7-24-53,54-25-8-3-9-26-54)55-27-18-20-49(45-55)73-66-35-16-12-30-59(66)62-47-51(40-42-67(62)73)75-68-43-39-50(74-64-33-14-10-28-57(64)58-29-11-15-34-65(58)74)46-63(68)60-41-38-48(44-69(60)75)56-32-19-37-71-72(56)61-31-13-17-36-70(61)76-71/h1-47H. The molecule has 0 bridgehead atoms. The van der Waals surface area contributed by atoms with Crippen molar-refractivity contribution in [3.63, 3.8) is 0 Å². The second-order valence-corrected chi connectivity index (χ2v) is 24.2. The maximum atomic E-state index is 6.44. The quantitative estimate of drug-likeness (QED) is 0.110. The normalized spacial score (nSPS) is 12.2. The molecule has 5 heteroatoms. The van der Waals surface area contributed by atoms with Crippen LogP contribution >= 0.6 is 0 Å². The van der Waals surface area contributed by atoms with Crippen LogP contribution in [0.2, 0.25) is 0 Å². The number of benzene rings is 12. The molecule has 0 radical (unpaired) electrons. The first-order valence-corrected chi connectivity index (χ1v) is 28.5. The second kappa shape index (κ2) is 17.0. The van der Waals surface area contributed by atoms with Gasteiger partial charge < -0.3 is 18.1 Å². The minimum absolute atomic E-state index is 0.890. The number of furan rings is 1. The summed E-state index contributed by atoms with van der Waals surface area (Å²) in [4.78, 5) is 0. The highest BCUT2D eigenvalue weighted by Crippen LogP contribution is 2.42. The summed E-state index contributed by atoms with van der Waals surface area (Å²) in [5.74, 6) is 0. The number of fused-ring (bicyclic) bond motifs is 12. The minimum Gasteiger partial charge on any atom is -0.456 e. The highest BCUT2D eigenvalue weighted by molar-refractivity contribution is 7.19. The molecule has 0 aliphatic heterocycles. The molecule has 16 aromatic rings. The largest absolute Gasteiger partial charge is 0.456 e. The number of nitrogens with zero attached hydrogens (tertiary/aromatic N) is 3. The average molecular weight is 998 g/mol. The smallest absolute Gasteiger partial charge is 0.179 e. The summed E-state index contributed by atoms with van der Waals surface area (Å²) >= 11 is 0. The second-order valence-electron chi connectivity index (χ2n) is 20.4. The van der Waals surface area contributed by atoms with Crippen LogP contribution in [0.25, 0.3) is 116 Å². The van der Waals surface area contributed by atoms with Gasteiger partial charge in [0.2, 0.25) is 0 Å². The Morgan fingerprint density at radius 3 is 1.23 bits per heavy atom. The minimum atomic E-state index is -2.80. The topological polar surface area (TPSA) is 27.9 Å². The maximum absolute atomic E-state index is 6.44. The molecule has 77 heavy (non-hydrogen) atoms. The van der Waals surface area contributed by atoms with Crippen molar-refractivity contribution in [2.24, 2.45) is 0 Å². The Morgan fingerprint density at radius 1 is 0.247 bits per heavy atom. The first kappa shape index (κ1) is 43.5. The molecule has 0 saturated heterocycles. The molecular weight excluding hydrogens is 951 g/mol. The molecule has 16 rings (SSSR count). The van der Waals surface area contributed by atoms with E-state index < -0.39 is 8.07 Å². The molecule has 0 saturated carbocycles. The third-order valence-corrected chi connectivity index (χ3v) is 21.1. The molecule has 0 spiro atoms. The van der Waals surface area contributed by atoms with Crippen LogP contribution in [0, 0.1) is 0 Å². The van der Waals surface area contributed by atoms with Gasteiger partial charge in [0.15, 0.2) is 8.07 Å². The number of hydrogen-bond donors (Lipinski definition) is 0. The van der Waals surface area contributed by atoms with Crippen LogP contribution in [0.4, 0.5) is 0 Å². The Hall–Kier alpha value is -9.94. The molecule has 0 amide bonds. The van der Waals surface area contributed by atoms with E-state index in [0.717, 1.165) is 66.7 Å². The van der Waals surface area contributed by atoms with E-state index in [1.165, 1.54) is 69.6 Å². The predicted octanol–water partition coefficient (Wildman–Crippen LogP) is 15.9. The van der Waals surface area contributed by atoms with E-state index in [2.05, 4.69) is 293 Å². The lowest BCUT2D eigenvalue weighted by Gasteiger charge is -2.34. The summed E-state index contributed by atoms with van der Waals surface area (Å²) in [6.45, 7) is 0. The molecule has 0 unspecified atom stereocenters. The van der Waals surface area contributed by atoms with Crippen LogP contribution < -0.4 is 20.7 Å². The fourth-order valence-electron chi connectivity index (χ4n) is 13.1. The van der Waals surface area contributed by atoms with Crippen molar-refractivity contribution in [1.82, 2.24) is 13.7 Å². The van der Waals surface area contributed by atoms with Gasteiger partial charge in [0.25, 0.3) is 0 Å². The van der Waals surface area contributed by atoms with Crippen molar-refractivity contribution in [3.05, 3.63) is 285 Å². The van der Waals surface area contributed by atoms with E-state index >= 15 is 0 Å². The van der Waals surface area contributed by atoms with Gasteiger partial charge in [0.1, 0.15) is 11.2 Å². The SMILES string of the molecule is c1ccc([Si](c2ccccc2)(c2ccccc2)c2cccc(-n3c4ccccc4c4cc(-n5c6ccc(-n7c8ccccc8c8ccccc87)cc6c6ccc(-c7cccc8oc9ccccc9c78)cc65)ccc43)c2)cc1. The van der Waals surface area contributed by atoms with Gasteiger partial charge in [0, 0.05) is 60.2 Å². The zero-order valence-electron chi connectivity index (χ0n) is 41.9. The van der Waals surface area contributed by atoms with E-state index in [0.29, 0.717) is 0 Å². The van der Waals surface area contributed by atoms with E-state index in [1.807, 2.05) is 6.07 Å². The Kier molecular flexibility index (Phi) is 9.62. The van der Waals surface area contributed by atoms with Crippen LogP contribution in [0.1, 0.15) is 0 Å². The van der Waals surface area contributed by atoms with E-state index in [4.69, 9.17) is 4.42 Å². The summed E-state index contributed by atoms with van der Waals surface area (Å²) in [7, 11) is -2.80. The number of rotatable bonds is 8. The summed E-state index contributed by atoms with van der Waals surface area (Å²) in [5, 5.41) is 14.9. The van der Waals surface area contributed by atoms with Crippen molar-refractivity contribution in [1.29, 1.82) is 0 Å². The van der Waals surface area contributed by atoms with Crippen LogP contribution in [0.5, 0.6) is 0 Å². The highest BCUT2D eigenvalue weighted by Gasteiger charge is 2.41.